The van der Waals surface area contributed by atoms with Crippen molar-refractivity contribution < 1.29 is 9.53 Å². The first-order chi connectivity index (χ1) is 7.75. The SMILES string of the molecule is O=C1Cc2cnc(Cl)nc2N2CCOCC12. The summed E-state index contributed by atoms with van der Waals surface area (Å²) in [5.41, 5.74) is 0.854. The summed E-state index contributed by atoms with van der Waals surface area (Å²) in [6.07, 6.45) is 2.01. The smallest absolute Gasteiger partial charge is 0.224 e. The summed E-state index contributed by atoms with van der Waals surface area (Å²) in [7, 11) is 0. The Labute approximate surface area is 97.4 Å². The summed E-state index contributed by atoms with van der Waals surface area (Å²) in [6.45, 7) is 1.74. The van der Waals surface area contributed by atoms with Crippen molar-refractivity contribution in [2.24, 2.45) is 0 Å². The van der Waals surface area contributed by atoms with Crippen LogP contribution in [0.2, 0.25) is 5.28 Å². The topological polar surface area (TPSA) is 55.3 Å². The predicted molar refractivity (Wildman–Crippen MR) is 57.7 cm³/mol. The fourth-order valence-corrected chi connectivity index (χ4v) is 2.31. The molecule has 0 amide bonds. The van der Waals surface area contributed by atoms with Gasteiger partial charge in [0.25, 0.3) is 0 Å². The predicted octanol–water partition coefficient (Wildman–Crippen LogP) is 0.460. The van der Waals surface area contributed by atoms with Crippen LogP contribution in [0.1, 0.15) is 5.56 Å². The molecule has 5 nitrogen and oxygen atoms in total. The van der Waals surface area contributed by atoms with E-state index < -0.39 is 0 Å². The molecular formula is C10H10ClN3O2. The average Bonchev–Trinajstić information content (AvgIpc) is 2.31. The lowest BCUT2D eigenvalue weighted by atomic mass is 9.98. The van der Waals surface area contributed by atoms with Crippen LogP contribution in [-0.4, -0.2) is 41.6 Å². The number of ketones is 1. The van der Waals surface area contributed by atoms with Gasteiger partial charge >= 0.3 is 0 Å². The normalized spacial score (nSPS) is 23.9. The van der Waals surface area contributed by atoms with Crippen LogP contribution >= 0.6 is 11.6 Å². The second-order valence-electron chi connectivity index (χ2n) is 3.92. The van der Waals surface area contributed by atoms with E-state index in [2.05, 4.69) is 9.97 Å². The number of carbonyl (C=O) groups is 1. The number of ether oxygens (including phenoxy) is 1. The van der Waals surface area contributed by atoms with Crippen molar-refractivity contribution in [1.82, 2.24) is 9.97 Å². The maximum atomic E-state index is 11.9. The largest absolute Gasteiger partial charge is 0.377 e. The molecule has 0 spiro atoms. The minimum atomic E-state index is -0.202. The Morgan fingerprint density at radius 3 is 3.31 bits per heavy atom. The molecular weight excluding hydrogens is 230 g/mol. The Kier molecular flexibility index (Phi) is 2.29. The molecule has 0 N–H and O–H groups in total. The molecule has 0 saturated carbocycles. The van der Waals surface area contributed by atoms with Crippen LogP contribution in [0.25, 0.3) is 0 Å². The number of anilines is 1. The summed E-state index contributed by atoms with van der Waals surface area (Å²) in [6, 6.07) is -0.202. The van der Waals surface area contributed by atoms with Crippen LogP contribution in [0.15, 0.2) is 6.20 Å². The van der Waals surface area contributed by atoms with E-state index in [1.807, 2.05) is 4.90 Å². The van der Waals surface area contributed by atoms with Gasteiger partial charge in [0.15, 0.2) is 5.78 Å². The van der Waals surface area contributed by atoms with Gasteiger partial charge in [0.05, 0.1) is 13.2 Å². The van der Waals surface area contributed by atoms with E-state index in [-0.39, 0.29) is 17.1 Å². The van der Waals surface area contributed by atoms with Gasteiger partial charge in [-0.05, 0) is 11.6 Å². The number of nitrogens with zero attached hydrogens (tertiary/aromatic N) is 3. The highest BCUT2D eigenvalue weighted by Gasteiger charge is 2.36. The molecule has 16 heavy (non-hydrogen) atoms. The second kappa shape index (κ2) is 3.68. The van der Waals surface area contributed by atoms with Gasteiger partial charge in [-0.3, -0.25) is 4.79 Å². The van der Waals surface area contributed by atoms with Gasteiger partial charge in [-0.2, -0.15) is 0 Å². The fraction of sp³-hybridized carbons (Fsp3) is 0.500. The summed E-state index contributed by atoms with van der Waals surface area (Å²) in [5, 5.41) is 0.221. The van der Waals surface area contributed by atoms with E-state index in [4.69, 9.17) is 16.3 Å². The lowest BCUT2D eigenvalue weighted by molar-refractivity contribution is -0.122. The summed E-state index contributed by atoms with van der Waals surface area (Å²) in [5.74, 6) is 0.950. The van der Waals surface area contributed by atoms with Crippen molar-refractivity contribution in [2.45, 2.75) is 12.5 Å². The van der Waals surface area contributed by atoms with Crippen molar-refractivity contribution in [3.63, 3.8) is 0 Å². The number of Topliss-reactive ketones (excluding diaryl/α,β-unsaturated/α-hetero) is 1. The Bertz CT molecular complexity index is 452. The summed E-state index contributed by atoms with van der Waals surface area (Å²) < 4.78 is 5.32. The van der Waals surface area contributed by atoms with Gasteiger partial charge < -0.3 is 9.64 Å². The minimum Gasteiger partial charge on any atom is -0.377 e. The number of fused-ring (bicyclic) bond motifs is 3. The highest BCUT2D eigenvalue weighted by atomic mass is 35.5. The highest BCUT2D eigenvalue weighted by molar-refractivity contribution is 6.28. The van der Waals surface area contributed by atoms with Crippen molar-refractivity contribution >= 4 is 23.2 Å². The van der Waals surface area contributed by atoms with Gasteiger partial charge in [0, 0.05) is 24.7 Å². The van der Waals surface area contributed by atoms with Crippen LogP contribution in [0.5, 0.6) is 0 Å². The first-order valence-corrected chi connectivity index (χ1v) is 5.52. The van der Waals surface area contributed by atoms with Gasteiger partial charge in [-0.15, -0.1) is 0 Å². The van der Waals surface area contributed by atoms with E-state index in [1.54, 1.807) is 6.20 Å². The number of hydrogen-bond acceptors (Lipinski definition) is 5. The number of morpholine rings is 1. The Hall–Kier alpha value is -1.20. The fourth-order valence-electron chi connectivity index (χ4n) is 2.18. The van der Waals surface area contributed by atoms with E-state index in [1.165, 1.54) is 0 Å². The van der Waals surface area contributed by atoms with Crippen molar-refractivity contribution in [3.8, 4) is 0 Å². The molecule has 3 rings (SSSR count). The Morgan fingerprint density at radius 1 is 1.56 bits per heavy atom. The van der Waals surface area contributed by atoms with Crippen LogP contribution in [0.3, 0.4) is 0 Å². The third-order valence-electron chi connectivity index (χ3n) is 2.95. The Balaban J connectivity index is 2.07. The minimum absolute atomic E-state index is 0.165. The van der Waals surface area contributed by atoms with Crippen LogP contribution in [0.4, 0.5) is 5.82 Å². The van der Waals surface area contributed by atoms with Gasteiger partial charge in [-0.1, -0.05) is 0 Å². The molecule has 2 aliphatic rings. The maximum absolute atomic E-state index is 11.9. The maximum Gasteiger partial charge on any atom is 0.224 e. The number of carbonyl (C=O) groups excluding carboxylic acids is 1. The Morgan fingerprint density at radius 2 is 2.44 bits per heavy atom. The van der Waals surface area contributed by atoms with Crippen molar-refractivity contribution in [3.05, 3.63) is 17.0 Å². The molecule has 3 heterocycles. The van der Waals surface area contributed by atoms with E-state index in [0.717, 1.165) is 11.4 Å². The van der Waals surface area contributed by atoms with Crippen LogP contribution in [-0.2, 0) is 16.0 Å². The van der Waals surface area contributed by atoms with Gasteiger partial charge in [-0.25, -0.2) is 9.97 Å². The molecule has 2 aliphatic heterocycles. The lowest BCUT2D eigenvalue weighted by Gasteiger charge is -2.39. The van der Waals surface area contributed by atoms with Crippen LogP contribution in [0, 0.1) is 0 Å². The standard InChI is InChI=1S/C10H10ClN3O2/c11-10-12-4-6-3-8(15)7-5-16-2-1-14(7)9(6)13-10/h4,7H,1-3,5H2. The molecule has 1 aromatic rings. The third kappa shape index (κ3) is 1.47. The van der Waals surface area contributed by atoms with Crippen LogP contribution < -0.4 is 4.90 Å². The molecule has 1 atom stereocenters. The molecule has 0 aromatic carbocycles. The van der Waals surface area contributed by atoms with Crippen molar-refractivity contribution in [2.75, 3.05) is 24.7 Å². The number of hydrogen-bond donors (Lipinski definition) is 0. The molecule has 1 fully saturated rings. The number of aromatic nitrogens is 2. The summed E-state index contributed by atoms with van der Waals surface area (Å²) >= 11 is 5.78. The molecule has 1 unspecified atom stereocenters. The molecule has 0 radical (unpaired) electrons. The van der Waals surface area contributed by atoms with E-state index in [9.17, 15) is 4.79 Å². The third-order valence-corrected chi connectivity index (χ3v) is 3.13. The molecule has 84 valence electrons. The zero-order chi connectivity index (χ0) is 11.1. The van der Waals surface area contributed by atoms with E-state index in [0.29, 0.717) is 26.2 Å². The molecule has 1 aromatic heterocycles. The van der Waals surface area contributed by atoms with E-state index >= 15 is 0 Å². The molecule has 0 bridgehead atoms. The highest BCUT2D eigenvalue weighted by Crippen LogP contribution is 2.28. The van der Waals surface area contributed by atoms with Gasteiger partial charge in [0.2, 0.25) is 5.28 Å². The van der Waals surface area contributed by atoms with Crippen molar-refractivity contribution in [1.29, 1.82) is 0 Å². The molecule has 0 aliphatic carbocycles. The molecule has 6 heteroatoms. The molecule has 1 saturated heterocycles. The zero-order valence-electron chi connectivity index (χ0n) is 8.52. The first-order valence-electron chi connectivity index (χ1n) is 5.14. The zero-order valence-corrected chi connectivity index (χ0v) is 9.28. The van der Waals surface area contributed by atoms with Gasteiger partial charge in [0.1, 0.15) is 11.9 Å². The quantitative estimate of drug-likeness (QED) is 0.616. The lowest BCUT2D eigenvalue weighted by Crippen LogP contribution is -2.53. The monoisotopic (exact) mass is 239 g/mol. The first kappa shape index (κ1) is 9.99. The number of halogens is 1. The second-order valence-corrected chi connectivity index (χ2v) is 4.25. The number of rotatable bonds is 0. The summed E-state index contributed by atoms with van der Waals surface area (Å²) in [4.78, 5) is 22.0. The average molecular weight is 240 g/mol.